The number of rotatable bonds is 5. The molecule has 3 heterocycles. The molecular formula is C27H25F3N4O3S. The van der Waals surface area contributed by atoms with Crippen molar-refractivity contribution in [2.24, 2.45) is 0 Å². The van der Waals surface area contributed by atoms with Gasteiger partial charge in [-0.05, 0) is 58.1 Å². The number of aryl methyl sites for hydroxylation is 2. The van der Waals surface area contributed by atoms with E-state index in [9.17, 15) is 22.8 Å². The van der Waals surface area contributed by atoms with Crippen LogP contribution in [0.2, 0.25) is 0 Å². The first-order chi connectivity index (χ1) is 18.0. The molecule has 0 radical (unpaired) electrons. The second kappa shape index (κ2) is 9.86. The number of nitrogens with one attached hydrogen (secondary N) is 1. The van der Waals surface area contributed by atoms with Gasteiger partial charge in [-0.15, -0.1) is 11.3 Å². The lowest BCUT2D eigenvalue weighted by atomic mass is 9.95. The van der Waals surface area contributed by atoms with Crippen molar-refractivity contribution in [2.45, 2.75) is 58.7 Å². The number of esters is 1. The largest absolute Gasteiger partial charge is 0.459 e. The molecule has 0 fully saturated rings. The lowest BCUT2D eigenvalue weighted by Crippen LogP contribution is -2.18. The maximum absolute atomic E-state index is 14.0. The summed E-state index contributed by atoms with van der Waals surface area (Å²) in [6, 6.07) is 7.81. The van der Waals surface area contributed by atoms with E-state index < -0.39 is 23.7 Å². The second-order valence-electron chi connectivity index (χ2n) is 9.51. The Balaban J connectivity index is 1.58. The van der Waals surface area contributed by atoms with Gasteiger partial charge in [0.25, 0.3) is 5.91 Å². The van der Waals surface area contributed by atoms with Gasteiger partial charge in [-0.2, -0.15) is 18.3 Å². The smallest absolute Gasteiger partial charge is 0.433 e. The minimum atomic E-state index is -4.74. The summed E-state index contributed by atoms with van der Waals surface area (Å²) >= 11 is 1.30. The van der Waals surface area contributed by atoms with Crippen LogP contribution in [0.25, 0.3) is 16.9 Å². The molecular weight excluding hydrogens is 517 g/mol. The number of benzene rings is 1. The van der Waals surface area contributed by atoms with E-state index in [-0.39, 0.29) is 23.0 Å². The van der Waals surface area contributed by atoms with E-state index in [1.807, 2.05) is 6.92 Å². The molecule has 0 aliphatic heterocycles. The van der Waals surface area contributed by atoms with E-state index in [4.69, 9.17) is 4.74 Å². The average Bonchev–Trinajstić information content (AvgIpc) is 3.44. The number of halogens is 3. The minimum Gasteiger partial charge on any atom is -0.459 e. The van der Waals surface area contributed by atoms with E-state index >= 15 is 0 Å². The highest BCUT2D eigenvalue weighted by molar-refractivity contribution is 7.17. The molecule has 1 aromatic carbocycles. The highest BCUT2D eigenvalue weighted by Crippen LogP contribution is 2.39. The molecule has 0 spiro atoms. The predicted molar refractivity (Wildman–Crippen MR) is 138 cm³/mol. The first-order valence-corrected chi connectivity index (χ1v) is 13.0. The van der Waals surface area contributed by atoms with E-state index in [2.05, 4.69) is 15.4 Å². The topological polar surface area (TPSA) is 85.6 Å². The Kier molecular flexibility index (Phi) is 6.72. The molecule has 1 aliphatic rings. The van der Waals surface area contributed by atoms with Gasteiger partial charge in [0, 0.05) is 10.4 Å². The third kappa shape index (κ3) is 4.90. The number of nitrogens with zero attached hydrogens (tertiary/aromatic N) is 3. The van der Waals surface area contributed by atoms with Crippen molar-refractivity contribution in [1.29, 1.82) is 0 Å². The number of fused-ring (bicyclic) bond motifs is 2. The highest BCUT2D eigenvalue weighted by Gasteiger charge is 2.36. The van der Waals surface area contributed by atoms with Gasteiger partial charge in [0.2, 0.25) is 0 Å². The van der Waals surface area contributed by atoms with Gasteiger partial charge in [-0.1, -0.05) is 29.8 Å². The van der Waals surface area contributed by atoms with Crippen molar-refractivity contribution >= 4 is 33.9 Å². The highest BCUT2D eigenvalue weighted by atomic mass is 32.1. The van der Waals surface area contributed by atoms with Gasteiger partial charge in [-0.25, -0.2) is 14.3 Å². The number of hydrogen-bond acceptors (Lipinski definition) is 6. The number of carbonyl (C=O) groups excluding carboxylic acids is 2. The fraction of sp³-hybridized carbons (Fsp3) is 0.333. The zero-order chi connectivity index (χ0) is 27.2. The third-order valence-corrected chi connectivity index (χ3v) is 7.51. The van der Waals surface area contributed by atoms with Crippen LogP contribution in [0.1, 0.15) is 69.1 Å². The Morgan fingerprint density at radius 1 is 1.13 bits per heavy atom. The molecule has 38 heavy (non-hydrogen) atoms. The van der Waals surface area contributed by atoms with Gasteiger partial charge in [0.1, 0.15) is 10.6 Å². The molecule has 1 N–H and O–H groups in total. The molecule has 0 unspecified atom stereocenters. The number of anilines is 1. The molecule has 198 valence electrons. The average molecular weight is 543 g/mol. The summed E-state index contributed by atoms with van der Waals surface area (Å²) in [5.74, 6) is -1.24. The summed E-state index contributed by atoms with van der Waals surface area (Å²) in [5.41, 5.74) is 1.23. The molecule has 4 aromatic rings. The molecule has 7 nitrogen and oxygen atoms in total. The van der Waals surface area contributed by atoms with E-state index in [0.717, 1.165) is 47.5 Å². The Morgan fingerprint density at radius 3 is 2.53 bits per heavy atom. The lowest BCUT2D eigenvalue weighted by Gasteiger charge is -2.14. The summed E-state index contributed by atoms with van der Waals surface area (Å²) in [4.78, 5) is 31.8. The Morgan fingerprint density at radius 2 is 1.84 bits per heavy atom. The first kappa shape index (κ1) is 25.9. The van der Waals surface area contributed by atoms with Crippen molar-refractivity contribution in [3.05, 3.63) is 69.4 Å². The number of carbonyl (C=O) groups is 2. The van der Waals surface area contributed by atoms with Gasteiger partial charge in [-0.3, -0.25) is 4.79 Å². The van der Waals surface area contributed by atoms with Crippen molar-refractivity contribution in [3.63, 3.8) is 0 Å². The van der Waals surface area contributed by atoms with Gasteiger partial charge >= 0.3 is 12.1 Å². The standard InChI is InChI=1S/C27H25F3N4O3S/c1-14(2)37-26(36)22-17-6-4-5-7-20(17)38-25(22)33-24(35)18-13-31-34-21(27(28,29)30)12-19(32-23(18)34)16-10-8-15(3)9-11-16/h8-14H,4-7H2,1-3H3,(H,33,35). The van der Waals surface area contributed by atoms with Crippen molar-refractivity contribution in [1.82, 2.24) is 14.6 Å². The molecule has 3 aromatic heterocycles. The molecule has 1 amide bonds. The normalized spacial score (nSPS) is 13.6. The number of alkyl halides is 3. The Bertz CT molecular complexity index is 1540. The molecule has 0 saturated heterocycles. The van der Waals surface area contributed by atoms with E-state index in [1.165, 1.54) is 11.3 Å². The van der Waals surface area contributed by atoms with Crippen LogP contribution in [0.5, 0.6) is 0 Å². The summed E-state index contributed by atoms with van der Waals surface area (Å²) in [5, 5.41) is 6.91. The summed E-state index contributed by atoms with van der Waals surface area (Å²) in [6.07, 6.45) is -0.664. The summed E-state index contributed by atoms with van der Waals surface area (Å²) in [7, 11) is 0. The van der Waals surface area contributed by atoms with Crippen molar-refractivity contribution < 1.29 is 27.5 Å². The van der Waals surface area contributed by atoms with Crippen LogP contribution in [0.3, 0.4) is 0 Å². The Labute approximate surface area is 220 Å². The van der Waals surface area contributed by atoms with E-state index in [1.54, 1.807) is 38.1 Å². The van der Waals surface area contributed by atoms with Crippen molar-refractivity contribution in [3.8, 4) is 11.3 Å². The maximum Gasteiger partial charge on any atom is 0.433 e. The molecule has 0 saturated carbocycles. The quantitative estimate of drug-likeness (QED) is 0.292. The van der Waals surface area contributed by atoms with Crippen LogP contribution < -0.4 is 5.32 Å². The van der Waals surface area contributed by atoms with Gasteiger partial charge in [0.05, 0.1) is 23.6 Å². The fourth-order valence-electron chi connectivity index (χ4n) is 4.51. The zero-order valence-electron chi connectivity index (χ0n) is 21.0. The molecule has 0 atom stereocenters. The monoisotopic (exact) mass is 542 g/mol. The fourth-order valence-corrected chi connectivity index (χ4v) is 5.78. The minimum absolute atomic E-state index is 0.0622. The number of thiophene rings is 1. The van der Waals surface area contributed by atoms with Gasteiger partial charge < -0.3 is 10.1 Å². The van der Waals surface area contributed by atoms with Crippen LogP contribution in [-0.4, -0.2) is 32.6 Å². The summed E-state index contributed by atoms with van der Waals surface area (Å²) in [6.45, 7) is 5.35. The lowest BCUT2D eigenvalue weighted by molar-refractivity contribution is -0.142. The van der Waals surface area contributed by atoms with Crippen LogP contribution >= 0.6 is 11.3 Å². The van der Waals surface area contributed by atoms with Crippen LogP contribution in [0.15, 0.2) is 36.5 Å². The van der Waals surface area contributed by atoms with Crippen LogP contribution in [0.4, 0.5) is 18.2 Å². The van der Waals surface area contributed by atoms with Crippen LogP contribution in [-0.2, 0) is 23.8 Å². The zero-order valence-corrected chi connectivity index (χ0v) is 21.8. The SMILES string of the molecule is Cc1ccc(-c2cc(C(F)(F)F)n3ncc(C(=O)Nc4sc5c(c4C(=O)OC(C)C)CCCC5)c3n2)cc1. The van der Waals surface area contributed by atoms with Gasteiger partial charge in [0.15, 0.2) is 11.3 Å². The van der Waals surface area contributed by atoms with Crippen molar-refractivity contribution in [2.75, 3.05) is 5.32 Å². The Hall–Kier alpha value is -3.73. The third-order valence-electron chi connectivity index (χ3n) is 6.30. The number of aromatic nitrogens is 3. The first-order valence-electron chi connectivity index (χ1n) is 12.2. The second-order valence-corrected chi connectivity index (χ2v) is 10.6. The predicted octanol–water partition coefficient (Wildman–Crippen LogP) is 6.48. The number of amides is 1. The number of hydrogen-bond donors (Lipinski definition) is 1. The molecule has 1 aliphatic carbocycles. The molecule has 11 heteroatoms. The summed E-state index contributed by atoms with van der Waals surface area (Å²) < 4.78 is 48.0. The molecule has 5 rings (SSSR count). The molecule has 0 bridgehead atoms. The number of ether oxygens (including phenoxy) is 1. The van der Waals surface area contributed by atoms with Crippen LogP contribution in [0, 0.1) is 6.92 Å². The van der Waals surface area contributed by atoms with E-state index in [0.29, 0.717) is 27.1 Å². The maximum atomic E-state index is 14.0.